The van der Waals surface area contributed by atoms with Gasteiger partial charge in [-0.2, -0.15) is 5.26 Å². The maximum atomic E-state index is 13.1. The van der Waals surface area contributed by atoms with Crippen LogP contribution in [-0.2, 0) is 11.2 Å². The number of hydrogen-bond donors (Lipinski definition) is 1. The molecular formula is C28H33ClN2O. The molecule has 1 heterocycles. The summed E-state index contributed by atoms with van der Waals surface area (Å²) in [6.45, 7) is 6.48. The SMILES string of the molecule is CCCCc1ccc([C@@H]2CC[C@@]3(CC)C(=O)N[C@H](C)[C@H]3[C@@H]2c2ccc(Cl)cc2)c(C#N)c1. The highest BCUT2D eigenvalue weighted by atomic mass is 35.5. The smallest absolute Gasteiger partial charge is 0.226 e. The molecule has 1 saturated carbocycles. The van der Waals surface area contributed by atoms with E-state index in [2.05, 4.69) is 62.5 Å². The summed E-state index contributed by atoms with van der Waals surface area (Å²) in [6.07, 6.45) is 5.89. The second kappa shape index (κ2) is 9.28. The Balaban J connectivity index is 1.82. The zero-order valence-electron chi connectivity index (χ0n) is 19.3. The molecule has 3 nitrogen and oxygen atoms in total. The Hall–Kier alpha value is -2.31. The minimum absolute atomic E-state index is 0.0975. The molecule has 2 fully saturated rings. The van der Waals surface area contributed by atoms with Gasteiger partial charge in [0.05, 0.1) is 17.0 Å². The minimum Gasteiger partial charge on any atom is -0.353 e. The second-order valence-corrected chi connectivity index (χ2v) is 10.1. The molecule has 0 bridgehead atoms. The lowest BCUT2D eigenvalue weighted by Crippen LogP contribution is -2.44. The predicted molar refractivity (Wildman–Crippen MR) is 130 cm³/mol. The Bertz CT molecular complexity index is 1020. The van der Waals surface area contributed by atoms with Crippen molar-refractivity contribution in [2.75, 3.05) is 0 Å². The first-order valence-electron chi connectivity index (χ1n) is 12.0. The van der Waals surface area contributed by atoms with E-state index < -0.39 is 0 Å². The van der Waals surface area contributed by atoms with Crippen LogP contribution < -0.4 is 5.32 Å². The van der Waals surface area contributed by atoms with Gasteiger partial charge in [-0.1, -0.05) is 56.1 Å². The monoisotopic (exact) mass is 448 g/mol. The van der Waals surface area contributed by atoms with Gasteiger partial charge >= 0.3 is 0 Å². The van der Waals surface area contributed by atoms with Crippen molar-refractivity contribution in [1.82, 2.24) is 5.32 Å². The Morgan fingerprint density at radius 2 is 1.94 bits per heavy atom. The molecule has 2 aromatic carbocycles. The topological polar surface area (TPSA) is 52.9 Å². The first-order chi connectivity index (χ1) is 15.4. The van der Waals surface area contributed by atoms with Crippen LogP contribution in [0, 0.1) is 22.7 Å². The first-order valence-corrected chi connectivity index (χ1v) is 12.4. The predicted octanol–water partition coefficient (Wildman–Crippen LogP) is 6.75. The van der Waals surface area contributed by atoms with E-state index in [-0.39, 0.29) is 35.1 Å². The number of nitriles is 1. The van der Waals surface area contributed by atoms with Crippen molar-refractivity contribution in [3.63, 3.8) is 0 Å². The van der Waals surface area contributed by atoms with Crippen LogP contribution >= 0.6 is 11.6 Å². The van der Waals surface area contributed by atoms with Gasteiger partial charge in [0.1, 0.15) is 0 Å². The summed E-state index contributed by atoms with van der Waals surface area (Å²) in [6, 6.07) is 17.2. The van der Waals surface area contributed by atoms with Gasteiger partial charge in [-0.25, -0.2) is 0 Å². The van der Waals surface area contributed by atoms with Crippen LogP contribution in [0.25, 0.3) is 0 Å². The molecule has 1 aliphatic carbocycles. The summed E-state index contributed by atoms with van der Waals surface area (Å²) >= 11 is 6.22. The van der Waals surface area contributed by atoms with E-state index in [4.69, 9.17) is 11.6 Å². The molecular weight excluding hydrogens is 416 g/mol. The van der Waals surface area contributed by atoms with Gasteiger partial charge in [0.15, 0.2) is 0 Å². The van der Waals surface area contributed by atoms with Crippen LogP contribution in [0.15, 0.2) is 42.5 Å². The van der Waals surface area contributed by atoms with E-state index >= 15 is 0 Å². The van der Waals surface area contributed by atoms with Crippen LogP contribution in [0.4, 0.5) is 0 Å². The van der Waals surface area contributed by atoms with Crippen molar-refractivity contribution in [1.29, 1.82) is 5.26 Å². The van der Waals surface area contributed by atoms with E-state index in [9.17, 15) is 10.1 Å². The number of halogens is 1. The van der Waals surface area contributed by atoms with Crippen molar-refractivity contribution >= 4 is 17.5 Å². The third kappa shape index (κ3) is 3.84. The van der Waals surface area contributed by atoms with Crippen LogP contribution in [-0.4, -0.2) is 11.9 Å². The fraction of sp³-hybridized carbons (Fsp3) is 0.500. The standard InChI is InChI=1S/C28H33ClN2O/c1-4-6-7-19-8-13-23(21(16-19)17-30)24-14-15-28(5-2)26(18(3)31-27(28)32)25(24)20-9-11-22(29)12-10-20/h8-13,16,18,24-26H,4-7,14-15H2,1-3H3,(H,31,32)/t18-,24+,25-,26+,28-/m1/s1. The average molecular weight is 449 g/mol. The van der Waals surface area contributed by atoms with Gasteiger partial charge in [-0.15, -0.1) is 0 Å². The third-order valence-corrected chi connectivity index (χ3v) is 8.30. The number of carbonyl (C=O) groups is 1. The minimum atomic E-state index is -0.339. The van der Waals surface area contributed by atoms with Crippen LogP contribution in [0.1, 0.15) is 87.0 Å². The van der Waals surface area contributed by atoms with Gasteiger partial charge in [-0.3, -0.25) is 4.79 Å². The van der Waals surface area contributed by atoms with Gasteiger partial charge in [0.25, 0.3) is 0 Å². The first kappa shape index (κ1) is 22.9. The molecule has 0 spiro atoms. The summed E-state index contributed by atoms with van der Waals surface area (Å²) in [4.78, 5) is 13.1. The number of rotatable bonds is 6. The molecule has 32 heavy (non-hydrogen) atoms. The van der Waals surface area contributed by atoms with Crippen molar-refractivity contribution in [3.05, 3.63) is 69.7 Å². The van der Waals surface area contributed by atoms with Crippen molar-refractivity contribution in [2.45, 2.75) is 77.2 Å². The molecule has 1 amide bonds. The molecule has 1 saturated heterocycles. The van der Waals surface area contributed by atoms with Crippen molar-refractivity contribution in [2.24, 2.45) is 11.3 Å². The number of aryl methyl sites for hydroxylation is 1. The Morgan fingerprint density at radius 1 is 1.19 bits per heavy atom. The van der Waals surface area contributed by atoms with Crippen molar-refractivity contribution in [3.8, 4) is 6.07 Å². The molecule has 0 radical (unpaired) electrons. The molecule has 1 N–H and O–H groups in total. The normalized spacial score (nSPS) is 29.3. The summed E-state index contributed by atoms with van der Waals surface area (Å²) in [5.41, 5.74) is 4.03. The molecule has 168 valence electrons. The van der Waals surface area contributed by atoms with Gasteiger partial charge in [0, 0.05) is 17.0 Å². The summed E-state index contributed by atoms with van der Waals surface area (Å²) in [7, 11) is 0. The summed E-state index contributed by atoms with van der Waals surface area (Å²) in [5.74, 6) is 0.742. The number of amides is 1. The quantitative estimate of drug-likeness (QED) is 0.531. The van der Waals surface area contributed by atoms with E-state index in [0.29, 0.717) is 0 Å². The second-order valence-electron chi connectivity index (χ2n) is 9.66. The number of unbranched alkanes of at least 4 members (excludes halogenated alkanes) is 1. The van der Waals surface area contributed by atoms with Crippen molar-refractivity contribution < 1.29 is 4.79 Å². The highest BCUT2D eigenvalue weighted by molar-refractivity contribution is 6.30. The molecule has 2 aliphatic rings. The molecule has 1 aliphatic heterocycles. The lowest BCUT2D eigenvalue weighted by molar-refractivity contribution is -0.131. The summed E-state index contributed by atoms with van der Waals surface area (Å²) in [5, 5.41) is 14.0. The van der Waals surface area contributed by atoms with Crippen LogP contribution in [0.3, 0.4) is 0 Å². The fourth-order valence-corrected chi connectivity index (χ4v) is 6.58. The molecule has 4 rings (SSSR count). The highest BCUT2D eigenvalue weighted by Gasteiger charge is 2.59. The van der Waals surface area contributed by atoms with E-state index in [1.807, 2.05) is 12.1 Å². The number of nitrogens with zero attached hydrogens (tertiary/aromatic N) is 1. The van der Waals surface area contributed by atoms with Gasteiger partial charge < -0.3 is 5.32 Å². The number of carbonyl (C=O) groups excluding carboxylic acids is 1. The fourth-order valence-electron chi connectivity index (χ4n) is 6.45. The van der Waals surface area contributed by atoms with E-state index in [1.54, 1.807) is 0 Å². The molecule has 0 unspecified atom stereocenters. The molecule has 2 aromatic rings. The Morgan fingerprint density at radius 3 is 2.59 bits per heavy atom. The zero-order valence-corrected chi connectivity index (χ0v) is 20.1. The molecule has 4 heteroatoms. The lowest BCUT2D eigenvalue weighted by Gasteiger charge is -2.47. The lowest BCUT2D eigenvalue weighted by atomic mass is 9.54. The maximum Gasteiger partial charge on any atom is 0.226 e. The molecule has 5 atom stereocenters. The Kier molecular flexibility index (Phi) is 6.63. The summed E-state index contributed by atoms with van der Waals surface area (Å²) < 4.78 is 0. The number of benzene rings is 2. The number of nitrogens with one attached hydrogen (secondary N) is 1. The van der Waals surface area contributed by atoms with E-state index in [0.717, 1.165) is 54.7 Å². The zero-order chi connectivity index (χ0) is 22.9. The number of hydrogen-bond acceptors (Lipinski definition) is 2. The average Bonchev–Trinajstić information content (AvgIpc) is 3.07. The maximum absolute atomic E-state index is 13.1. The van der Waals surface area contributed by atoms with E-state index in [1.165, 1.54) is 11.1 Å². The molecule has 0 aromatic heterocycles. The van der Waals surface area contributed by atoms with Gasteiger partial charge in [-0.05, 0) is 85.8 Å². The Labute approximate surface area is 197 Å². The number of fused-ring (bicyclic) bond motifs is 1. The third-order valence-electron chi connectivity index (χ3n) is 8.05. The van der Waals surface area contributed by atoms with Crippen LogP contribution in [0.2, 0.25) is 5.02 Å². The van der Waals surface area contributed by atoms with Gasteiger partial charge in [0.2, 0.25) is 5.91 Å². The largest absolute Gasteiger partial charge is 0.353 e. The highest BCUT2D eigenvalue weighted by Crippen LogP contribution is 2.60. The van der Waals surface area contributed by atoms with Crippen LogP contribution in [0.5, 0.6) is 0 Å².